The summed E-state index contributed by atoms with van der Waals surface area (Å²) in [5.41, 5.74) is 1.56. The summed E-state index contributed by atoms with van der Waals surface area (Å²) >= 11 is 0. The summed E-state index contributed by atoms with van der Waals surface area (Å²) in [7, 11) is 0. The van der Waals surface area contributed by atoms with Crippen molar-refractivity contribution >= 4 is 5.91 Å². The molecule has 0 bridgehead atoms. The molecule has 0 aliphatic carbocycles. The van der Waals surface area contributed by atoms with E-state index in [0.717, 1.165) is 39.1 Å². The van der Waals surface area contributed by atoms with Crippen LogP contribution in [0, 0.1) is 5.41 Å². The van der Waals surface area contributed by atoms with Crippen molar-refractivity contribution in [1.82, 2.24) is 14.8 Å². The molecule has 2 fully saturated rings. The van der Waals surface area contributed by atoms with Gasteiger partial charge in [0.15, 0.2) is 0 Å². The first-order valence-corrected chi connectivity index (χ1v) is 6.71. The minimum absolute atomic E-state index is 0.141. The molecule has 2 aliphatic heterocycles. The zero-order valence-electron chi connectivity index (χ0n) is 11.0. The van der Waals surface area contributed by atoms with Crippen molar-refractivity contribution < 1.29 is 9.90 Å². The molecule has 3 rings (SSSR count). The second kappa shape index (κ2) is 4.90. The number of pyridine rings is 1. The first-order valence-electron chi connectivity index (χ1n) is 6.71. The zero-order chi connectivity index (χ0) is 13.3. The highest BCUT2D eigenvalue weighted by molar-refractivity contribution is 5.78. The van der Waals surface area contributed by atoms with E-state index in [1.165, 1.54) is 5.56 Å². The number of likely N-dealkylation sites (tertiary alicyclic amines) is 2. The molecule has 0 atom stereocenters. The topological polar surface area (TPSA) is 56.7 Å². The lowest BCUT2D eigenvalue weighted by atomic mass is 9.79. The van der Waals surface area contributed by atoms with E-state index in [9.17, 15) is 4.79 Å². The molecule has 0 unspecified atom stereocenters. The Morgan fingerprint density at radius 2 is 2.05 bits per heavy atom. The van der Waals surface area contributed by atoms with Crippen LogP contribution in [0.4, 0.5) is 0 Å². The normalized spacial score (nSPS) is 21.6. The van der Waals surface area contributed by atoms with Crippen molar-refractivity contribution in [2.45, 2.75) is 13.0 Å². The Kier molecular flexibility index (Phi) is 3.24. The number of nitrogens with zero attached hydrogens (tertiary/aromatic N) is 3. The van der Waals surface area contributed by atoms with Gasteiger partial charge in [0.25, 0.3) is 0 Å². The molecule has 2 saturated heterocycles. The smallest absolute Gasteiger partial charge is 0.248 e. The second-order valence-electron chi connectivity index (χ2n) is 5.72. The summed E-state index contributed by atoms with van der Waals surface area (Å²) in [5.74, 6) is -0.141. The number of carbonyl (C=O) groups is 1. The van der Waals surface area contributed by atoms with Gasteiger partial charge in [0, 0.05) is 44.0 Å². The highest BCUT2D eigenvalue weighted by atomic mass is 16.3. The number of aliphatic hydroxyl groups excluding tert-OH is 1. The summed E-state index contributed by atoms with van der Waals surface area (Å²) in [5, 5.41) is 8.84. The number of aromatic nitrogens is 1. The van der Waals surface area contributed by atoms with Crippen LogP contribution in [0.15, 0.2) is 24.5 Å². The summed E-state index contributed by atoms with van der Waals surface area (Å²) in [4.78, 5) is 19.6. The van der Waals surface area contributed by atoms with Crippen LogP contribution in [0.25, 0.3) is 0 Å². The van der Waals surface area contributed by atoms with Crippen molar-refractivity contribution in [2.75, 3.05) is 32.8 Å². The van der Waals surface area contributed by atoms with Crippen LogP contribution >= 0.6 is 0 Å². The number of aliphatic hydroxyl groups is 1. The number of rotatable bonds is 3. The lowest BCUT2D eigenvalue weighted by Crippen LogP contribution is -2.60. The highest BCUT2D eigenvalue weighted by Gasteiger charge is 2.48. The first-order chi connectivity index (χ1) is 9.21. The Morgan fingerprint density at radius 1 is 1.32 bits per heavy atom. The van der Waals surface area contributed by atoms with Gasteiger partial charge in [0.2, 0.25) is 5.91 Å². The summed E-state index contributed by atoms with van der Waals surface area (Å²) < 4.78 is 0. The van der Waals surface area contributed by atoms with Gasteiger partial charge in [-0.2, -0.15) is 0 Å². The van der Waals surface area contributed by atoms with E-state index >= 15 is 0 Å². The molecule has 0 radical (unpaired) electrons. The number of amides is 1. The fraction of sp³-hybridized carbons (Fsp3) is 0.571. The van der Waals surface area contributed by atoms with E-state index < -0.39 is 0 Å². The molecule has 3 heterocycles. The van der Waals surface area contributed by atoms with Gasteiger partial charge in [-0.15, -0.1) is 0 Å². The summed E-state index contributed by atoms with van der Waals surface area (Å²) in [6.07, 6.45) is 4.80. The molecule has 1 amide bonds. The van der Waals surface area contributed by atoms with Crippen molar-refractivity contribution in [3.63, 3.8) is 0 Å². The number of hydrogen-bond donors (Lipinski definition) is 1. The summed E-state index contributed by atoms with van der Waals surface area (Å²) in [6, 6.07) is 4.10. The van der Waals surface area contributed by atoms with Crippen LogP contribution in [-0.4, -0.2) is 58.6 Å². The van der Waals surface area contributed by atoms with E-state index in [2.05, 4.69) is 9.88 Å². The summed E-state index contributed by atoms with van der Waals surface area (Å²) in [6.45, 7) is 4.33. The Labute approximate surface area is 112 Å². The molecule has 0 aromatic carbocycles. The number of hydrogen-bond acceptors (Lipinski definition) is 4. The molecule has 102 valence electrons. The van der Waals surface area contributed by atoms with E-state index in [0.29, 0.717) is 0 Å². The molecule has 5 heteroatoms. The third-order valence-electron chi connectivity index (χ3n) is 4.21. The number of carbonyl (C=O) groups excluding carboxylic acids is 1. The van der Waals surface area contributed by atoms with Crippen LogP contribution in [0.3, 0.4) is 0 Å². The largest absolute Gasteiger partial charge is 0.387 e. The Hall–Kier alpha value is -1.46. The molecule has 1 aromatic heterocycles. The van der Waals surface area contributed by atoms with Crippen molar-refractivity contribution in [1.29, 1.82) is 0 Å². The van der Waals surface area contributed by atoms with Crippen molar-refractivity contribution in [2.24, 2.45) is 5.41 Å². The van der Waals surface area contributed by atoms with Gasteiger partial charge >= 0.3 is 0 Å². The SMILES string of the molecule is O=C(CO)N1CC2(CCN(Cc3ccncc3)C2)C1. The van der Waals surface area contributed by atoms with Crippen LogP contribution in [-0.2, 0) is 11.3 Å². The van der Waals surface area contributed by atoms with Gasteiger partial charge in [-0.25, -0.2) is 0 Å². The monoisotopic (exact) mass is 261 g/mol. The molecule has 2 aliphatic rings. The van der Waals surface area contributed by atoms with E-state index in [1.54, 1.807) is 4.90 Å². The standard InChI is InChI=1S/C14H19N3O2/c18-8-13(19)17-10-14(11-17)3-6-16(9-14)7-12-1-4-15-5-2-12/h1-2,4-5,18H,3,6-11H2. The quantitative estimate of drug-likeness (QED) is 0.839. The minimum atomic E-state index is -0.364. The Bertz CT molecular complexity index is 457. The minimum Gasteiger partial charge on any atom is -0.387 e. The molecular formula is C14H19N3O2. The first kappa shape index (κ1) is 12.6. The molecule has 1 aromatic rings. The third kappa shape index (κ3) is 2.48. The van der Waals surface area contributed by atoms with Gasteiger partial charge in [0.1, 0.15) is 6.61 Å². The zero-order valence-corrected chi connectivity index (χ0v) is 11.0. The average molecular weight is 261 g/mol. The molecular weight excluding hydrogens is 242 g/mol. The molecule has 0 saturated carbocycles. The molecule has 5 nitrogen and oxygen atoms in total. The lowest BCUT2D eigenvalue weighted by molar-refractivity contribution is -0.145. The predicted octanol–water partition coefficient (Wildman–Crippen LogP) is 0.108. The fourth-order valence-electron chi connectivity index (χ4n) is 3.21. The highest BCUT2D eigenvalue weighted by Crippen LogP contribution is 2.39. The maximum atomic E-state index is 11.4. The third-order valence-corrected chi connectivity index (χ3v) is 4.21. The van der Waals surface area contributed by atoms with E-state index in [1.807, 2.05) is 24.5 Å². The van der Waals surface area contributed by atoms with Gasteiger partial charge in [-0.05, 0) is 30.7 Å². The van der Waals surface area contributed by atoms with Gasteiger partial charge < -0.3 is 10.0 Å². The Morgan fingerprint density at radius 3 is 2.74 bits per heavy atom. The fourth-order valence-corrected chi connectivity index (χ4v) is 3.21. The van der Waals surface area contributed by atoms with E-state index in [4.69, 9.17) is 5.11 Å². The van der Waals surface area contributed by atoms with E-state index in [-0.39, 0.29) is 17.9 Å². The molecule has 1 spiro atoms. The van der Waals surface area contributed by atoms with Gasteiger partial charge in [-0.1, -0.05) is 0 Å². The van der Waals surface area contributed by atoms with Crippen molar-refractivity contribution in [3.05, 3.63) is 30.1 Å². The second-order valence-corrected chi connectivity index (χ2v) is 5.72. The molecule has 1 N–H and O–H groups in total. The molecule has 19 heavy (non-hydrogen) atoms. The Balaban J connectivity index is 1.53. The van der Waals surface area contributed by atoms with Gasteiger partial charge in [-0.3, -0.25) is 14.7 Å². The van der Waals surface area contributed by atoms with Crippen LogP contribution in [0.2, 0.25) is 0 Å². The lowest BCUT2D eigenvalue weighted by Gasteiger charge is -2.48. The van der Waals surface area contributed by atoms with Crippen molar-refractivity contribution in [3.8, 4) is 0 Å². The van der Waals surface area contributed by atoms with Crippen LogP contribution in [0.1, 0.15) is 12.0 Å². The average Bonchev–Trinajstić information content (AvgIpc) is 2.81. The maximum Gasteiger partial charge on any atom is 0.248 e. The predicted molar refractivity (Wildman–Crippen MR) is 70.2 cm³/mol. The van der Waals surface area contributed by atoms with Crippen LogP contribution in [0.5, 0.6) is 0 Å². The maximum absolute atomic E-state index is 11.4. The van der Waals surface area contributed by atoms with Gasteiger partial charge in [0.05, 0.1) is 0 Å². The van der Waals surface area contributed by atoms with Crippen LogP contribution < -0.4 is 0 Å².